The smallest absolute Gasteiger partial charge is 0.341 e. The molecule has 0 radical (unpaired) electrons. The Labute approximate surface area is 160 Å². The minimum Gasteiger partial charge on any atom is -0.507 e. The lowest BCUT2D eigenvalue weighted by molar-refractivity contribution is 0.0529. The molecule has 0 saturated carbocycles. The van der Waals surface area contributed by atoms with Gasteiger partial charge in [0.2, 0.25) is 0 Å². The van der Waals surface area contributed by atoms with E-state index in [2.05, 4.69) is 4.99 Å². The van der Waals surface area contributed by atoms with Crippen molar-refractivity contribution in [1.82, 2.24) is 0 Å². The lowest BCUT2D eigenvalue weighted by atomic mass is 10.0. The van der Waals surface area contributed by atoms with Crippen LogP contribution in [-0.2, 0) is 4.74 Å². The van der Waals surface area contributed by atoms with E-state index in [9.17, 15) is 9.90 Å². The molecule has 6 heteroatoms. The predicted molar refractivity (Wildman–Crippen MR) is 106 cm³/mol. The van der Waals surface area contributed by atoms with Crippen LogP contribution >= 0.6 is 22.9 Å². The van der Waals surface area contributed by atoms with E-state index >= 15 is 0 Å². The average molecular weight is 386 g/mol. The van der Waals surface area contributed by atoms with E-state index in [0.29, 0.717) is 26.7 Å². The van der Waals surface area contributed by atoms with E-state index in [1.165, 1.54) is 17.6 Å². The summed E-state index contributed by atoms with van der Waals surface area (Å²) in [6, 6.07) is 14.2. The van der Waals surface area contributed by atoms with Crippen molar-refractivity contribution in [2.75, 3.05) is 6.61 Å². The Morgan fingerprint density at radius 3 is 2.65 bits per heavy atom. The van der Waals surface area contributed by atoms with E-state index in [-0.39, 0.29) is 12.4 Å². The summed E-state index contributed by atoms with van der Waals surface area (Å²) in [5.41, 5.74) is 2.37. The highest BCUT2D eigenvalue weighted by atomic mass is 35.5. The minimum atomic E-state index is -0.451. The van der Waals surface area contributed by atoms with Gasteiger partial charge in [-0.15, -0.1) is 11.3 Å². The van der Waals surface area contributed by atoms with Crippen molar-refractivity contribution in [3.05, 3.63) is 70.1 Å². The zero-order valence-corrected chi connectivity index (χ0v) is 15.6. The first kappa shape index (κ1) is 18.2. The van der Waals surface area contributed by atoms with Gasteiger partial charge in [-0.2, -0.15) is 0 Å². The molecule has 1 heterocycles. The first-order chi connectivity index (χ1) is 12.6. The lowest BCUT2D eigenvalue weighted by Gasteiger charge is -2.07. The van der Waals surface area contributed by atoms with Gasteiger partial charge in [0.05, 0.1) is 6.61 Å². The molecule has 2 aromatic carbocycles. The molecule has 0 aliphatic carbocycles. The molecule has 3 rings (SSSR count). The number of carbonyl (C=O) groups is 1. The van der Waals surface area contributed by atoms with Crippen molar-refractivity contribution in [2.45, 2.75) is 6.92 Å². The van der Waals surface area contributed by atoms with E-state index in [1.807, 2.05) is 23.6 Å². The van der Waals surface area contributed by atoms with Gasteiger partial charge in [0.25, 0.3) is 0 Å². The number of halogens is 1. The molecule has 4 nitrogen and oxygen atoms in total. The van der Waals surface area contributed by atoms with Crippen LogP contribution in [-0.4, -0.2) is 23.9 Å². The third kappa shape index (κ3) is 3.79. The Kier molecular flexibility index (Phi) is 5.71. The number of benzene rings is 2. The van der Waals surface area contributed by atoms with E-state index in [4.69, 9.17) is 16.3 Å². The normalized spacial score (nSPS) is 11.0. The maximum Gasteiger partial charge on any atom is 0.341 e. The molecule has 132 valence electrons. The Bertz CT molecular complexity index is 965. The van der Waals surface area contributed by atoms with Crippen LogP contribution in [0.3, 0.4) is 0 Å². The second-order valence-corrected chi connectivity index (χ2v) is 6.61. The number of aliphatic imine (C=N–C) groups is 1. The highest BCUT2D eigenvalue weighted by Gasteiger charge is 2.22. The fourth-order valence-electron chi connectivity index (χ4n) is 2.45. The fourth-order valence-corrected chi connectivity index (χ4v) is 3.58. The molecular weight excluding hydrogens is 370 g/mol. The Morgan fingerprint density at radius 2 is 1.92 bits per heavy atom. The summed E-state index contributed by atoms with van der Waals surface area (Å²) in [5, 5.41) is 12.8. The van der Waals surface area contributed by atoms with Gasteiger partial charge in [0.15, 0.2) is 0 Å². The molecule has 3 aromatic rings. The van der Waals surface area contributed by atoms with Crippen LogP contribution in [0.25, 0.3) is 11.1 Å². The number of carbonyl (C=O) groups excluding carboxylic acids is 1. The first-order valence-electron chi connectivity index (χ1n) is 7.97. The molecule has 1 aromatic heterocycles. The van der Waals surface area contributed by atoms with Crippen molar-refractivity contribution in [1.29, 1.82) is 0 Å². The monoisotopic (exact) mass is 385 g/mol. The van der Waals surface area contributed by atoms with Crippen molar-refractivity contribution in [2.24, 2.45) is 4.99 Å². The second-order valence-electron chi connectivity index (χ2n) is 5.35. The van der Waals surface area contributed by atoms with E-state index in [1.54, 1.807) is 37.3 Å². The first-order valence-corrected chi connectivity index (χ1v) is 9.23. The number of ether oxygens (including phenoxy) is 1. The second kappa shape index (κ2) is 8.17. The quantitative estimate of drug-likeness (QED) is 0.452. The van der Waals surface area contributed by atoms with Gasteiger partial charge < -0.3 is 9.84 Å². The van der Waals surface area contributed by atoms with Gasteiger partial charge in [-0.3, -0.25) is 0 Å². The standard InChI is InChI=1S/C20H16ClNO3S/c1-2-25-20(24)18-15(14-8-4-5-9-16(14)21)12-26-19(18)22-11-13-7-3-6-10-17(13)23/h3-12,23H,2H2,1H3. The van der Waals surface area contributed by atoms with Crippen LogP contribution in [0.4, 0.5) is 5.00 Å². The van der Waals surface area contributed by atoms with Crippen molar-refractivity contribution in [3.63, 3.8) is 0 Å². The number of phenolic OH excluding ortho intramolecular Hbond substituents is 1. The van der Waals surface area contributed by atoms with Gasteiger partial charge >= 0.3 is 5.97 Å². The topological polar surface area (TPSA) is 58.9 Å². The van der Waals surface area contributed by atoms with Crippen molar-refractivity contribution in [3.8, 4) is 16.9 Å². The molecule has 26 heavy (non-hydrogen) atoms. The van der Waals surface area contributed by atoms with Gasteiger partial charge in [-0.25, -0.2) is 9.79 Å². The maximum atomic E-state index is 12.5. The highest BCUT2D eigenvalue weighted by molar-refractivity contribution is 7.14. The molecule has 0 aliphatic rings. The van der Waals surface area contributed by atoms with Crippen molar-refractivity contribution < 1.29 is 14.6 Å². The summed E-state index contributed by atoms with van der Waals surface area (Å²) < 4.78 is 5.21. The Hall–Kier alpha value is -2.63. The minimum absolute atomic E-state index is 0.122. The Balaban J connectivity index is 2.07. The van der Waals surface area contributed by atoms with Gasteiger partial charge in [-0.05, 0) is 25.1 Å². The SMILES string of the molecule is CCOC(=O)c1c(-c2ccccc2Cl)csc1N=Cc1ccccc1O. The molecule has 0 aliphatic heterocycles. The molecule has 0 saturated heterocycles. The average Bonchev–Trinajstić information content (AvgIpc) is 3.05. The number of rotatable bonds is 5. The zero-order valence-electron chi connectivity index (χ0n) is 14.0. The van der Waals surface area contributed by atoms with Gasteiger partial charge in [0, 0.05) is 33.3 Å². The summed E-state index contributed by atoms with van der Waals surface area (Å²) in [6.45, 7) is 2.02. The summed E-state index contributed by atoms with van der Waals surface area (Å²) >= 11 is 7.62. The van der Waals surface area contributed by atoms with Crippen LogP contribution < -0.4 is 0 Å². The third-order valence-corrected chi connectivity index (χ3v) is 4.89. The number of hydrogen-bond acceptors (Lipinski definition) is 5. The molecule has 0 amide bonds. The van der Waals surface area contributed by atoms with Crippen molar-refractivity contribution >= 4 is 40.1 Å². The number of esters is 1. The third-order valence-electron chi connectivity index (χ3n) is 3.67. The fraction of sp³-hybridized carbons (Fsp3) is 0.100. The number of thiophene rings is 1. The van der Waals surface area contributed by atoms with Gasteiger partial charge in [-0.1, -0.05) is 41.9 Å². The van der Waals surface area contributed by atoms with E-state index in [0.717, 1.165) is 5.56 Å². The summed E-state index contributed by atoms with van der Waals surface area (Å²) in [6.07, 6.45) is 1.53. The van der Waals surface area contributed by atoms with Crippen LogP contribution in [0.1, 0.15) is 22.8 Å². The molecular formula is C20H16ClNO3S. The molecule has 0 fully saturated rings. The highest BCUT2D eigenvalue weighted by Crippen LogP contribution is 2.40. The van der Waals surface area contributed by atoms with Gasteiger partial charge in [0.1, 0.15) is 16.3 Å². The van der Waals surface area contributed by atoms with E-state index < -0.39 is 5.97 Å². The Morgan fingerprint density at radius 1 is 1.19 bits per heavy atom. The number of aromatic hydroxyl groups is 1. The molecule has 0 atom stereocenters. The zero-order chi connectivity index (χ0) is 18.5. The van der Waals surface area contributed by atoms with Crippen LogP contribution in [0.2, 0.25) is 5.02 Å². The lowest BCUT2D eigenvalue weighted by Crippen LogP contribution is -2.05. The molecule has 0 unspecified atom stereocenters. The number of hydrogen-bond donors (Lipinski definition) is 1. The maximum absolute atomic E-state index is 12.5. The predicted octanol–water partition coefficient (Wildman–Crippen LogP) is 5.70. The largest absolute Gasteiger partial charge is 0.507 e. The summed E-state index contributed by atoms with van der Waals surface area (Å²) in [7, 11) is 0. The summed E-state index contributed by atoms with van der Waals surface area (Å²) in [5.74, 6) is -0.329. The van der Waals surface area contributed by atoms with Crippen LogP contribution in [0, 0.1) is 0 Å². The summed E-state index contributed by atoms with van der Waals surface area (Å²) in [4.78, 5) is 16.9. The number of para-hydroxylation sites is 1. The molecule has 0 spiro atoms. The number of phenols is 1. The molecule has 1 N–H and O–H groups in total. The number of nitrogens with zero attached hydrogens (tertiary/aromatic N) is 1. The molecule has 0 bridgehead atoms. The van der Waals surface area contributed by atoms with Crippen LogP contribution in [0.5, 0.6) is 5.75 Å². The van der Waals surface area contributed by atoms with Crippen LogP contribution in [0.15, 0.2) is 58.9 Å².